The molecule has 0 unspecified atom stereocenters. The van der Waals surface area contributed by atoms with Crippen LogP contribution in [-0.2, 0) is 9.47 Å². The first-order valence-corrected chi connectivity index (χ1v) is 10.0. The van der Waals surface area contributed by atoms with Crippen molar-refractivity contribution in [3.8, 4) is 0 Å². The van der Waals surface area contributed by atoms with Gasteiger partial charge in [0.2, 0.25) is 17.8 Å². The van der Waals surface area contributed by atoms with Crippen LogP contribution < -0.4 is 15.2 Å². The molecule has 154 valence electrons. The molecular weight excluding hydrogens is 394 g/mol. The van der Waals surface area contributed by atoms with Crippen molar-refractivity contribution in [3.63, 3.8) is 0 Å². The Morgan fingerprint density at radius 1 is 0.897 bits per heavy atom. The molecule has 1 aromatic heterocycles. The van der Waals surface area contributed by atoms with E-state index in [1.54, 1.807) is 0 Å². The molecule has 9 nitrogen and oxygen atoms in total. The van der Waals surface area contributed by atoms with Crippen molar-refractivity contribution in [2.45, 2.75) is 6.92 Å². The first-order chi connectivity index (χ1) is 14.2. The summed E-state index contributed by atoms with van der Waals surface area (Å²) in [5.41, 5.74) is 4.77. The molecular formula is C19H24ClN7O2. The third kappa shape index (κ3) is 5.11. The lowest BCUT2D eigenvalue weighted by Gasteiger charge is -2.30. The number of rotatable bonds is 5. The van der Waals surface area contributed by atoms with Crippen molar-refractivity contribution in [3.05, 3.63) is 34.9 Å². The summed E-state index contributed by atoms with van der Waals surface area (Å²) in [6, 6.07) is 7.53. The summed E-state index contributed by atoms with van der Waals surface area (Å²) in [6.07, 6.45) is 0. The van der Waals surface area contributed by atoms with E-state index in [4.69, 9.17) is 26.1 Å². The number of nitrogens with one attached hydrogen (secondary N) is 1. The summed E-state index contributed by atoms with van der Waals surface area (Å²) in [5.74, 6) is 1.68. The monoisotopic (exact) mass is 417 g/mol. The topological polar surface area (TPSA) is 88.0 Å². The fourth-order valence-electron chi connectivity index (χ4n) is 3.10. The van der Waals surface area contributed by atoms with Gasteiger partial charge >= 0.3 is 0 Å². The average molecular weight is 418 g/mol. The number of aromatic nitrogens is 3. The summed E-state index contributed by atoms with van der Waals surface area (Å²) >= 11 is 5.96. The second-order valence-electron chi connectivity index (χ2n) is 6.77. The first kappa shape index (κ1) is 19.8. The molecule has 0 bridgehead atoms. The number of halogens is 1. The van der Waals surface area contributed by atoms with Crippen molar-refractivity contribution >= 4 is 35.2 Å². The molecule has 1 N–H and O–H groups in total. The molecule has 2 saturated heterocycles. The van der Waals surface area contributed by atoms with Gasteiger partial charge in [0.05, 0.1) is 32.1 Å². The number of anilines is 3. The Labute approximate surface area is 174 Å². The van der Waals surface area contributed by atoms with E-state index in [1.807, 2.05) is 31.2 Å². The van der Waals surface area contributed by atoms with Gasteiger partial charge in [-0.3, -0.25) is 0 Å². The third-order valence-corrected chi connectivity index (χ3v) is 5.04. The van der Waals surface area contributed by atoms with Crippen LogP contribution in [0.3, 0.4) is 0 Å². The number of hydrogen-bond acceptors (Lipinski definition) is 9. The predicted octanol–water partition coefficient (Wildman–Crippen LogP) is 2.03. The molecule has 2 aliphatic heterocycles. The number of ether oxygens (including phenoxy) is 2. The van der Waals surface area contributed by atoms with Crippen molar-refractivity contribution < 1.29 is 9.47 Å². The Morgan fingerprint density at radius 3 is 1.93 bits per heavy atom. The molecule has 2 aromatic rings. The van der Waals surface area contributed by atoms with Gasteiger partial charge in [-0.25, -0.2) is 5.43 Å². The highest BCUT2D eigenvalue weighted by atomic mass is 35.5. The number of morpholine rings is 2. The fourth-order valence-corrected chi connectivity index (χ4v) is 3.23. The Hall–Kier alpha value is -2.49. The van der Waals surface area contributed by atoms with E-state index in [0.717, 1.165) is 37.5 Å². The van der Waals surface area contributed by atoms with Crippen LogP contribution in [0.5, 0.6) is 0 Å². The normalized spacial score (nSPS) is 18.1. The minimum absolute atomic E-state index is 0.413. The SMILES string of the molecule is CC(=NNc1nc(N2CCOCC2)nc(N2CCOCC2)n1)c1ccc(Cl)cc1. The van der Waals surface area contributed by atoms with Gasteiger partial charge in [-0.05, 0) is 24.6 Å². The Bertz CT molecular complexity index is 814. The van der Waals surface area contributed by atoms with Crippen LogP contribution in [-0.4, -0.2) is 73.3 Å². The molecule has 10 heteroatoms. The van der Waals surface area contributed by atoms with Gasteiger partial charge in [-0.1, -0.05) is 23.7 Å². The lowest BCUT2D eigenvalue weighted by atomic mass is 10.1. The molecule has 0 radical (unpaired) electrons. The van der Waals surface area contributed by atoms with E-state index < -0.39 is 0 Å². The second kappa shape index (κ2) is 9.34. The first-order valence-electron chi connectivity index (χ1n) is 9.67. The van der Waals surface area contributed by atoms with Gasteiger partial charge in [0, 0.05) is 31.2 Å². The number of nitrogens with zero attached hydrogens (tertiary/aromatic N) is 6. The predicted molar refractivity (Wildman–Crippen MR) is 113 cm³/mol. The van der Waals surface area contributed by atoms with Crippen LogP contribution >= 0.6 is 11.6 Å². The zero-order chi connectivity index (χ0) is 20.1. The molecule has 0 saturated carbocycles. The maximum Gasteiger partial charge on any atom is 0.250 e. The van der Waals surface area contributed by atoms with E-state index in [9.17, 15) is 0 Å². The zero-order valence-corrected chi connectivity index (χ0v) is 17.1. The summed E-state index contributed by atoms with van der Waals surface area (Å²) in [5, 5.41) is 5.14. The molecule has 1 aromatic carbocycles. The Balaban J connectivity index is 1.58. The van der Waals surface area contributed by atoms with E-state index in [2.05, 4.69) is 30.3 Å². The highest BCUT2D eigenvalue weighted by Gasteiger charge is 2.20. The largest absolute Gasteiger partial charge is 0.378 e. The third-order valence-electron chi connectivity index (χ3n) is 4.79. The zero-order valence-electron chi connectivity index (χ0n) is 16.3. The maximum absolute atomic E-state index is 5.96. The minimum atomic E-state index is 0.413. The van der Waals surface area contributed by atoms with Crippen LogP contribution in [0.15, 0.2) is 29.4 Å². The van der Waals surface area contributed by atoms with E-state index >= 15 is 0 Å². The van der Waals surface area contributed by atoms with Gasteiger partial charge in [-0.15, -0.1) is 0 Å². The van der Waals surface area contributed by atoms with Crippen LogP contribution in [0.1, 0.15) is 12.5 Å². The molecule has 0 atom stereocenters. The summed E-state index contributed by atoms with van der Waals surface area (Å²) in [6.45, 7) is 7.56. The van der Waals surface area contributed by atoms with E-state index in [-0.39, 0.29) is 0 Å². The summed E-state index contributed by atoms with van der Waals surface area (Å²) in [7, 11) is 0. The highest BCUT2D eigenvalue weighted by molar-refractivity contribution is 6.30. The van der Waals surface area contributed by atoms with Crippen LogP contribution in [0.2, 0.25) is 5.02 Å². The van der Waals surface area contributed by atoms with E-state index in [0.29, 0.717) is 49.3 Å². The molecule has 29 heavy (non-hydrogen) atoms. The number of hydrogen-bond donors (Lipinski definition) is 1. The van der Waals surface area contributed by atoms with Gasteiger partial charge in [0.15, 0.2) is 0 Å². The van der Waals surface area contributed by atoms with Gasteiger partial charge in [0.25, 0.3) is 0 Å². The van der Waals surface area contributed by atoms with Gasteiger partial charge in [-0.2, -0.15) is 20.1 Å². The lowest BCUT2D eigenvalue weighted by Crippen LogP contribution is -2.40. The molecule has 2 fully saturated rings. The lowest BCUT2D eigenvalue weighted by molar-refractivity contribution is 0.121. The molecule has 2 aliphatic rings. The van der Waals surface area contributed by atoms with Crippen molar-refractivity contribution in [2.75, 3.05) is 67.8 Å². The smallest absolute Gasteiger partial charge is 0.250 e. The standard InChI is InChI=1S/C19H24ClN7O2/c1-14(15-2-4-16(20)5-3-15)24-25-17-21-18(26-6-10-28-11-7-26)23-19(22-17)27-8-12-29-13-9-27/h2-5H,6-13H2,1H3,(H,21,22,23,25). The second-order valence-corrected chi connectivity index (χ2v) is 7.21. The molecule has 0 spiro atoms. The maximum atomic E-state index is 5.96. The van der Waals surface area contributed by atoms with Crippen LogP contribution in [0.4, 0.5) is 17.8 Å². The average Bonchev–Trinajstić information content (AvgIpc) is 2.79. The minimum Gasteiger partial charge on any atom is -0.378 e. The number of hydrazone groups is 1. The fraction of sp³-hybridized carbons (Fsp3) is 0.474. The number of benzene rings is 1. The Morgan fingerprint density at radius 2 is 1.41 bits per heavy atom. The quantitative estimate of drug-likeness (QED) is 0.584. The van der Waals surface area contributed by atoms with Crippen molar-refractivity contribution in [2.24, 2.45) is 5.10 Å². The molecule has 3 heterocycles. The van der Waals surface area contributed by atoms with E-state index in [1.165, 1.54) is 0 Å². The summed E-state index contributed by atoms with van der Waals surface area (Å²) in [4.78, 5) is 18.1. The van der Waals surface area contributed by atoms with Crippen LogP contribution in [0, 0.1) is 0 Å². The highest BCUT2D eigenvalue weighted by Crippen LogP contribution is 2.19. The van der Waals surface area contributed by atoms with Crippen molar-refractivity contribution in [1.82, 2.24) is 15.0 Å². The van der Waals surface area contributed by atoms with Crippen LogP contribution in [0.25, 0.3) is 0 Å². The molecule has 0 amide bonds. The van der Waals surface area contributed by atoms with Gasteiger partial charge in [0.1, 0.15) is 0 Å². The molecule has 0 aliphatic carbocycles. The molecule has 4 rings (SSSR count). The van der Waals surface area contributed by atoms with Gasteiger partial charge < -0.3 is 19.3 Å². The Kier molecular flexibility index (Phi) is 6.38. The summed E-state index contributed by atoms with van der Waals surface area (Å²) < 4.78 is 10.9. The van der Waals surface area contributed by atoms with Crippen molar-refractivity contribution in [1.29, 1.82) is 0 Å².